The van der Waals surface area contributed by atoms with Gasteiger partial charge in [-0.15, -0.1) is 0 Å². The molecule has 0 N–H and O–H groups in total. The molecule has 8 aromatic carbocycles. The fraction of sp³-hybridized carbons (Fsp3) is 0.0625. The van der Waals surface area contributed by atoms with Crippen molar-refractivity contribution in [2.45, 2.75) is 25.7 Å². The summed E-state index contributed by atoms with van der Waals surface area (Å²) in [6, 6.07) is 70.5. The Hall–Kier alpha value is -9.34. The van der Waals surface area contributed by atoms with E-state index in [9.17, 15) is 0 Å². The van der Waals surface area contributed by atoms with E-state index in [1.807, 2.05) is 18.4 Å². The lowest BCUT2D eigenvalue weighted by Crippen LogP contribution is -2.65. The number of aromatic nitrogens is 8. The molecule has 8 nitrogen and oxygen atoms in total. The van der Waals surface area contributed by atoms with Crippen molar-refractivity contribution in [1.29, 1.82) is 0 Å². The molecule has 0 fully saturated rings. The Bertz CT molecular complexity index is 3710. The Balaban J connectivity index is 0.898. The van der Waals surface area contributed by atoms with Gasteiger partial charge in [-0.1, -0.05) is 146 Å². The third-order valence-electron chi connectivity index (χ3n) is 16.2. The molecule has 0 spiro atoms. The van der Waals surface area contributed by atoms with E-state index in [0.717, 1.165) is 70.7 Å². The molecular formula is C64H44BN8-. The molecular weight excluding hydrogens is 892 g/mol. The van der Waals surface area contributed by atoms with Gasteiger partial charge >= 0.3 is 6.69 Å². The summed E-state index contributed by atoms with van der Waals surface area (Å²) in [5.74, 6) is 0. The minimum Gasteiger partial charge on any atom is -0.379 e. The topological polar surface area (TPSA) is 71.3 Å². The molecule has 344 valence electrons. The van der Waals surface area contributed by atoms with Gasteiger partial charge in [0.25, 0.3) is 0 Å². The van der Waals surface area contributed by atoms with E-state index >= 15 is 0 Å². The van der Waals surface area contributed by atoms with Crippen molar-refractivity contribution in [3.63, 3.8) is 0 Å². The predicted molar refractivity (Wildman–Crippen MR) is 291 cm³/mol. The lowest BCUT2D eigenvalue weighted by Gasteiger charge is -2.41. The molecule has 0 bridgehead atoms. The van der Waals surface area contributed by atoms with Crippen molar-refractivity contribution in [2.75, 3.05) is 0 Å². The SMILES string of the molecule is c1ccc2c(c1)Cc1ccc(-c3ccn([B-](n4ccc(-c5ccc6c(c5)-c5ccccc5C6)n4)(n4ccc(-c5ccc6c(c5)-c5ccccc5C6)n4)n4ccc(-c5ccc6c(c5)-c5ccccc5C6)n4)n3)cc1-2. The number of nitrogens with zero attached hydrogens (tertiary/aromatic N) is 8. The highest BCUT2D eigenvalue weighted by atomic mass is 15.6. The molecule has 9 heteroatoms. The molecule has 0 saturated carbocycles. The van der Waals surface area contributed by atoms with Gasteiger partial charge in [0.05, 0.1) is 22.8 Å². The Morgan fingerprint density at radius 1 is 0.247 bits per heavy atom. The monoisotopic (exact) mass is 935 g/mol. The molecule has 4 aromatic heterocycles. The van der Waals surface area contributed by atoms with Crippen LogP contribution >= 0.6 is 0 Å². The highest BCUT2D eigenvalue weighted by molar-refractivity contribution is 6.72. The van der Waals surface area contributed by atoms with Gasteiger partial charge in [-0.3, -0.25) is 0 Å². The summed E-state index contributed by atoms with van der Waals surface area (Å²) in [4.78, 5) is 0. The molecule has 4 aliphatic carbocycles. The summed E-state index contributed by atoms with van der Waals surface area (Å²) < 4.78 is 8.16. The molecule has 4 heterocycles. The summed E-state index contributed by atoms with van der Waals surface area (Å²) in [5.41, 5.74) is 28.5. The standard InChI is InChI=1S/C64H44BN8/c1-5-13-53-41(9-1)33-45-17-21-49(37-57(45)53)61-25-29-70(66-61)65(71-30-26-62(67-71)50-22-18-46-34-42-10-2-6-14-54(42)58(46)38-50,72-31-27-63(68-72)51-23-19-47-35-43-11-3-7-15-55(43)59(47)39-51)73-32-28-64(69-73)52-24-20-48-36-44-12-4-8-16-56(44)60(48)40-52/h1-32,37-40H,33-36H2/q-1. The van der Waals surface area contributed by atoms with Crippen molar-refractivity contribution in [1.82, 2.24) is 38.8 Å². The highest BCUT2D eigenvalue weighted by Crippen LogP contribution is 2.43. The molecule has 16 rings (SSSR count). The van der Waals surface area contributed by atoms with Crippen molar-refractivity contribution in [2.24, 2.45) is 0 Å². The smallest absolute Gasteiger partial charge is 0.379 e. The minimum absolute atomic E-state index is 0.845. The molecule has 73 heavy (non-hydrogen) atoms. The Kier molecular flexibility index (Phi) is 8.49. The number of rotatable bonds is 8. The van der Waals surface area contributed by atoms with Crippen LogP contribution in [-0.2, 0) is 25.7 Å². The molecule has 0 radical (unpaired) electrons. The maximum atomic E-state index is 5.59. The first-order valence-corrected chi connectivity index (χ1v) is 25.3. The second-order valence-electron chi connectivity index (χ2n) is 20.2. The molecule has 4 aliphatic rings. The van der Waals surface area contributed by atoms with Gasteiger partial charge in [0.1, 0.15) is 0 Å². The lowest BCUT2D eigenvalue weighted by molar-refractivity contribution is 0.658. The van der Waals surface area contributed by atoms with Crippen molar-refractivity contribution < 1.29 is 0 Å². The zero-order valence-corrected chi connectivity index (χ0v) is 39.8. The largest absolute Gasteiger partial charge is 0.466 e. The van der Waals surface area contributed by atoms with E-state index in [1.165, 1.54) is 89.0 Å². The van der Waals surface area contributed by atoms with Crippen molar-refractivity contribution >= 4 is 6.69 Å². The molecule has 12 aromatic rings. The van der Waals surface area contributed by atoms with Crippen LogP contribution in [-0.4, -0.2) is 45.5 Å². The van der Waals surface area contributed by atoms with Crippen LogP contribution in [0.5, 0.6) is 0 Å². The summed E-state index contributed by atoms with van der Waals surface area (Å²) in [6.07, 6.45) is 12.0. The van der Waals surface area contributed by atoms with Crippen LogP contribution in [0.15, 0.2) is 219 Å². The zero-order chi connectivity index (χ0) is 47.8. The summed E-state index contributed by atoms with van der Waals surface area (Å²) in [6.45, 7) is -2.52. The molecule has 0 unspecified atom stereocenters. The van der Waals surface area contributed by atoms with E-state index in [-0.39, 0.29) is 0 Å². The van der Waals surface area contributed by atoms with Gasteiger partial charge in [-0.05, 0) is 188 Å². The number of benzene rings is 8. The van der Waals surface area contributed by atoms with Crippen molar-refractivity contribution in [3.8, 4) is 89.5 Å². The van der Waals surface area contributed by atoms with Gasteiger partial charge in [0, 0.05) is 22.3 Å². The third kappa shape index (κ3) is 6.09. The van der Waals surface area contributed by atoms with Gasteiger partial charge in [-0.2, -0.15) is 0 Å². The van der Waals surface area contributed by atoms with Crippen LogP contribution in [0, 0.1) is 0 Å². The first kappa shape index (κ1) is 40.4. The fourth-order valence-electron chi connectivity index (χ4n) is 12.6. The first-order valence-electron chi connectivity index (χ1n) is 25.3. The van der Waals surface area contributed by atoms with Gasteiger partial charge in [0.2, 0.25) is 0 Å². The quantitative estimate of drug-likeness (QED) is 0.142. The average molecular weight is 936 g/mol. The molecule has 0 aliphatic heterocycles. The van der Waals surface area contributed by atoms with E-state index in [1.54, 1.807) is 0 Å². The van der Waals surface area contributed by atoms with E-state index < -0.39 is 6.69 Å². The number of hydrogen-bond donors (Lipinski definition) is 0. The van der Waals surface area contributed by atoms with E-state index in [0.29, 0.717) is 0 Å². The normalized spacial score (nSPS) is 13.3. The lowest BCUT2D eigenvalue weighted by atomic mass is 9.75. The Morgan fingerprint density at radius 3 is 0.740 bits per heavy atom. The molecule has 0 amide bonds. The van der Waals surface area contributed by atoms with Crippen molar-refractivity contribution in [3.05, 3.63) is 263 Å². The minimum atomic E-state index is -2.52. The predicted octanol–water partition coefficient (Wildman–Crippen LogP) is 13.4. The second kappa shape index (κ2) is 15.3. The molecule has 0 saturated heterocycles. The van der Waals surface area contributed by atoms with Gasteiger partial charge < -0.3 is 18.4 Å². The fourth-order valence-corrected chi connectivity index (χ4v) is 12.6. The van der Waals surface area contributed by atoms with Crippen LogP contribution in [0.3, 0.4) is 0 Å². The highest BCUT2D eigenvalue weighted by Gasteiger charge is 2.41. The summed E-state index contributed by atoms with van der Waals surface area (Å²) in [5, 5.41) is 22.4. The second-order valence-corrected chi connectivity index (χ2v) is 20.2. The van der Waals surface area contributed by atoms with E-state index in [2.05, 4.69) is 219 Å². The van der Waals surface area contributed by atoms with Crippen LogP contribution in [0.1, 0.15) is 44.5 Å². The number of hydrogen-bond acceptors (Lipinski definition) is 4. The van der Waals surface area contributed by atoms with Crippen LogP contribution in [0.4, 0.5) is 0 Å². The van der Waals surface area contributed by atoms with Gasteiger partial charge in [-0.25, -0.2) is 20.4 Å². The Labute approximate surface area is 422 Å². The molecule has 0 atom stereocenters. The average Bonchev–Trinajstić information content (AvgIpc) is 4.30. The Morgan fingerprint density at radius 2 is 0.479 bits per heavy atom. The van der Waals surface area contributed by atoms with Crippen LogP contribution in [0.2, 0.25) is 0 Å². The van der Waals surface area contributed by atoms with E-state index in [4.69, 9.17) is 20.4 Å². The summed E-state index contributed by atoms with van der Waals surface area (Å²) in [7, 11) is 0. The maximum Gasteiger partial charge on any atom is 0.466 e. The van der Waals surface area contributed by atoms with Gasteiger partial charge in [0.15, 0.2) is 0 Å². The summed E-state index contributed by atoms with van der Waals surface area (Å²) >= 11 is 0. The zero-order valence-electron chi connectivity index (χ0n) is 39.8. The number of fused-ring (bicyclic) bond motifs is 12. The first-order chi connectivity index (χ1) is 36.1. The van der Waals surface area contributed by atoms with Crippen LogP contribution in [0.25, 0.3) is 89.5 Å². The third-order valence-corrected chi connectivity index (χ3v) is 16.2. The maximum absolute atomic E-state index is 5.59. The van der Waals surface area contributed by atoms with Crippen LogP contribution < -0.4 is 0 Å².